The van der Waals surface area contributed by atoms with E-state index in [0.717, 1.165) is 0 Å². The quantitative estimate of drug-likeness (QED) is 0.453. The summed E-state index contributed by atoms with van der Waals surface area (Å²) in [5, 5.41) is 20.2. The number of para-hydroxylation sites is 2. The van der Waals surface area contributed by atoms with E-state index in [1.807, 2.05) is 0 Å². The summed E-state index contributed by atoms with van der Waals surface area (Å²) in [6.07, 6.45) is 3.00. The second-order valence-corrected chi connectivity index (χ2v) is 5.67. The van der Waals surface area contributed by atoms with Gasteiger partial charge in [-0.2, -0.15) is 0 Å². The molecule has 3 aromatic rings. The Hall–Kier alpha value is -3.35. The normalized spacial score (nSPS) is 10.8. The van der Waals surface area contributed by atoms with E-state index >= 15 is 0 Å². The van der Waals surface area contributed by atoms with E-state index in [4.69, 9.17) is 9.47 Å². The topological polar surface area (TPSA) is 96.5 Å². The van der Waals surface area contributed by atoms with Crippen molar-refractivity contribution in [3.8, 4) is 23.0 Å². The number of rotatable bonds is 6. The van der Waals surface area contributed by atoms with Crippen LogP contribution in [0.15, 0.2) is 64.6 Å². The van der Waals surface area contributed by atoms with Crippen molar-refractivity contribution in [1.82, 2.24) is 4.98 Å². The van der Waals surface area contributed by atoms with Crippen molar-refractivity contribution >= 4 is 24.1 Å². The van der Waals surface area contributed by atoms with E-state index in [2.05, 4.69) is 15.0 Å². The molecule has 0 spiro atoms. The zero-order valence-corrected chi connectivity index (χ0v) is 17.0. The van der Waals surface area contributed by atoms with Gasteiger partial charge in [0.1, 0.15) is 0 Å². The Bertz CT molecular complexity index is 959. The molecule has 8 heteroatoms. The summed E-state index contributed by atoms with van der Waals surface area (Å²) in [5.41, 5.74) is 1.02. The van der Waals surface area contributed by atoms with Crippen LogP contribution in [0.2, 0.25) is 0 Å². The largest absolute Gasteiger partial charge is 0.504 e. The Balaban J connectivity index is 0.00000300. The monoisotopic (exact) mass is 432 g/mol. The van der Waals surface area contributed by atoms with Crippen LogP contribution in [0, 0.1) is 0 Å². The summed E-state index contributed by atoms with van der Waals surface area (Å²) in [6, 6.07) is 15.5. The van der Waals surface area contributed by atoms with Crippen molar-refractivity contribution in [2.24, 2.45) is 9.98 Å². The van der Waals surface area contributed by atoms with E-state index in [1.54, 1.807) is 54.6 Å². The maximum absolute atomic E-state index is 10.1. The molecule has 1 heterocycles. The fourth-order valence-electron chi connectivity index (χ4n) is 2.44. The Labute approximate surface area is 178 Å². The molecule has 0 atom stereocenters. The second kappa shape index (κ2) is 10.3. The van der Waals surface area contributed by atoms with Gasteiger partial charge in [-0.15, -0.1) is 0 Å². The number of aliphatic imine (C=N–C) groups is 2. The molecule has 0 amide bonds. The zero-order valence-electron chi connectivity index (χ0n) is 15.8. The molecule has 0 unspecified atom stereocenters. The molecule has 1 radical (unpaired) electrons. The first-order valence-electron chi connectivity index (χ1n) is 8.39. The molecule has 149 valence electrons. The fourth-order valence-corrected chi connectivity index (χ4v) is 2.44. The number of hydrogen-bond acceptors (Lipinski definition) is 7. The molecular weight excluding hydrogens is 413 g/mol. The fraction of sp³-hybridized carbons (Fsp3) is 0.0952. The first-order chi connectivity index (χ1) is 13.6. The van der Waals surface area contributed by atoms with Crippen LogP contribution < -0.4 is 9.47 Å². The van der Waals surface area contributed by atoms with Crippen molar-refractivity contribution in [2.75, 3.05) is 14.2 Å². The van der Waals surface area contributed by atoms with Gasteiger partial charge >= 0.3 is 0 Å². The van der Waals surface area contributed by atoms with Gasteiger partial charge in [-0.3, -0.25) is 0 Å². The standard InChI is InChI=1S/C21H19N3O4.Mn/c1-27-16-8-3-6-14(20(16)25)12-22-18-10-5-11-19(24-18)23-13-15-7-4-9-17(28-2)21(15)26;/h3-13,25-26H,1-2H3;. The maximum atomic E-state index is 10.1. The van der Waals surface area contributed by atoms with Crippen LogP contribution in [0.25, 0.3) is 0 Å². The number of benzene rings is 2. The van der Waals surface area contributed by atoms with Crippen molar-refractivity contribution in [1.29, 1.82) is 0 Å². The number of ether oxygens (including phenoxy) is 2. The number of methoxy groups -OCH3 is 2. The third kappa shape index (κ3) is 5.34. The molecule has 2 N–H and O–H groups in total. The average molecular weight is 432 g/mol. The van der Waals surface area contributed by atoms with Crippen LogP contribution in [0.4, 0.5) is 11.6 Å². The van der Waals surface area contributed by atoms with E-state index in [-0.39, 0.29) is 28.6 Å². The third-order valence-corrected chi connectivity index (χ3v) is 3.89. The number of phenols is 2. The average Bonchev–Trinajstić information content (AvgIpc) is 2.72. The van der Waals surface area contributed by atoms with Crippen LogP contribution in [0.5, 0.6) is 23.0 Å². The van der Waals surface area contributed by atoms with Crippen LogP contribution in [-0.2, 0) is 17.1 Å². The Morgan fingerprint density at radius 2 is 1.14 bits per heavy atom. The van der Waals surface area contributed by atoms with Gasteiger partial charge in [-0.25, -0.2) is 15.0 Å². The van der Waals surface area contributed by atoms with Gasteiger partial charge in [-0.1, -0.05) is 18.2 Å². The number of hydrogen-bond donors (Lipinski definition) is 2. The van der Waals surface area contributed by atoms with Crippen molar-refractivity contribution in [2.45, 2.75) is 0 Å². The molecule has 29 heavy (non-hydrogen) atoms. The van der Waals surface area contributed by atoms with Gasteiger partial charge in [0.05, 0.1) is 14.2 Å². The van der Waals surface area contributed by atoms with E-state index in [0.29, 0.717) is 34.3 Å². The Morgan fingerprint density at radius 3 is 1.55 bits per heavy atom. The molecule has 0 aliphatic rings. The van der Waals surface area contributed by atoms with Gasteiger partial charge < -0.3 is 19.7 Å². The summed E-state index contributed by atoms with van der Waals surface area (Å²) in [7, 11) is 2.97. The van der Waals surface area contributed by atoms with Crippen LogP contribution in [0.1, 0.15) is 11.1 Å². The molecule has 7 nitrogen and oxygen atoms in total. The van der Waals surface area contributed by atoms with E-state index < -0.39 is 0 Å². The van der Waals surface area contributed by atoms with E-state index in [9.17, 15) is 10.2 Å². The molecule has 0 fully saturated rings. The molecule has 1 aromatic heterocycles. The summed E-state index contributed by atoms with van der Waals surface area (Å²) in [5.74, 6) is 1.60. The molecule has 0 bridgehead atoms. The number of aromatic nitrogens is 1. The molecule has 3 rings (SSSR count). The number of phenolic OH excluding ortho intramolecular Hbond substituents is 2. The van der Waals surface area contributed by atoms with Crippen LogP contribution in [-0.4, -0.2) is 41.8 Å². The van der Waals surface area contributed by atoms with Gasteiger partial charge in [0, 0.05) is 40.6 Å². The number of aromatic hydroxyl groups is 2. The molecular formula is C21H19MnN3O4. The van der Waals surface area contributed by atoms with Crippen molar-refractivity contribution < 1.29 is 36.8 Å². The van der Waals surface area contributed by atoms with Crippen molar-refractivity contribution in [3.05, 3.63) is 65.7 Å². The minimum Gasteiger partial charge on any atom is -0.504 e. The smallest absolute Gasteiger partial charge is 0.166 e. The molecule has 2 aromatic carbocycles. The number of pyridine rings is 1. The third-order valence-electron chi connectivity index (χ3n) is 3.89. The second-order valence-electron chi connectivity index (χ2n) is 5.67. The van der Waals surface area contributed by atoms with Gasteiger partial charge in [0.2, 0.25) is 0 Å². The number of nitrogens with zero attached hydrogens (tertiary/aromatic N) is 3. The van der Waals surface area contributed by atoms with E-state index in [1.165, 1.54) is 26.6 Å². The first-order valence-corrected chi connectivity index (χ1v) is 8.39. The molecule has 0 saturated carbocycles. The predicted molar refractivity (Wildman–Crippen MR) is 108 cm³/mol. The molecule has 0 aliphatic carbocycles. The summed E-state index contributed by atoms with van der Waals surface area (Å²) in [6.45, 7) is 0. The summed E-state index contributed by atoms with van der Waals surface area (Å²) >= 11 is 0. The summed E-state index contributed by atoms with van der Waals surface area (Å²) < 4.78 is 10.2. The van der Waals surface area contributed by atoms with Gasteiger partial charge in [0.15, 0.2) is 34.6 Å². The molecule has 0 aliphatic heterocycles. The molecule has 0 saturated heterocycles. The predicted octanol–water partition coefficient (Wildman–Crippen LogP) is 4.01. The van der Waals surface area contributed by atoms with Crippen LogP contribution >= 0.6 is 0 Å². The minimum atomic E-state index is 0. The van der Waals surface area contributed by atoms with Gasteiger partial charge in [-0.05, 0) is 36.4 Å². The zero-order chi connectivity index (χ0) is 19.9. The Morgan fingerprint density at radius 1 is 0.724 bits per heavy atom. The SMILES string of the molecule is COc1cccc(C=Nc2cccc(N=Cc3cccc(OC)c3O)n2)c1O.[Mn]. The summed E-state index contributed by atoms with van der Waals surface area (Å²) in [4.78, 5) is 12.9. The first kappa shape index (κ1) is 21.9. The van der Waals surface area contributed by atoms with Gasteiger partial charge in [0.25, 0.3) is 0 Å². The Kier molecular flexibility index (Phi) is 7.77. The maximum Gasteiger partial charge on any atom is 0.166 e. The van der Waals surface area contributed by atoms with Crippen molar-refractivity contribution in [3.63, 3.8) is 0 Å². The minimum absolute atomic E-state index is 0. The van der Waals surface area contributed by atoms with Crippen LogP contribution in [0.3, 0.4) is 0 Å².